The Labute approximate surface area is 148 Å². The largest absolute Gasteiger partial charge is 0.452 e. The Morgan fingerprint density at radius 3 is 2.46 bits per heavy atom. The van der Waals surface area contributed by atoms with E-state index in [-0.39, 0.29) is 5.56 Å². The highest BCUT2D eigenvalue weighted by molar-refractivity contribution is 9.10. The minimum Gasteiger partial charge on any atom is -0.452 e. The number of nitrogens with one attached hydrogen (secondary N) is 1. The Morgan fingerprint density at radius 2 is 1.83 bits per heavy atom. The number of halogens is 2. The van der Waals surface area contributed by atoms with Crippen LogP contribution in [0.1, 0.15) is 35.7 Å². The lowest BCUT2D eigenvalue weighted by Gasteiger charge is -2.09. The molecule has 0 saturated carbocycles. The van der Waals surface area contributed by atoms with Gasteiger partial charge >= 0.3 is 5.97 Å². The number of hydrogen-bond acceptors (Lipinski definition) is 3. The lowest BCUT2D eigenvalue weighted by atomic mass is 10.0. The van der Waals surface area contributed by atoms with E-state index in [2.05, 4.69) is 35.1 Å². The van der Waals surface area contributed by atoms with Gasteiger partial charge in [0.15, 0.2) is 6.61 Å². The summed E-state index contributed by atoms with van der Waals surface area (Å²) in [5, 5.41) is 2.62. The SMILES string of the molecule is CC(C)c1ccc(NC(=O)COC(=O)c2cc(Br)ccc2F)cc1. The third kappa shape index (κ3) is 4.89. The average Bonchev–Trinajstić information content (AvgIpc) is 2.55. The smallest absolute Gasteiger partial charge is 0.341 e. The minimum atomic E-state index is -0.890. The molecule has 0 radical (unpaired) electrons. The van der Waals surface area contributed by atoms with Crippen LogP contribution >= 0.6 is 15.9 Å². The van der Waals surface area contributed by atoms with Crippen LogP contribution in [0.5, 0.6) is 0 Å². The molecule has 2 rings (SSSR count). The summed E-state index contributed by atoms with van der Waals surface area (Å²) in [6, 6.07) is 11.3. The number of rotatable bonds is 5. The molecule has 126 valence electrons. The van der Waals surface area contributed by atoms with Gasteiger partial charge in [-0.1, -0.05) is 41.9 Å². The van der Waals surface area contributed by atoms with Crippen molar-refractivity contribution in [2.24, 2.45) is 0 Å². The van der Waals surface area contributed by atoms with Crippen molar-refractivity contribution in [1.82, 2.24) is 0 Å². The minimum absolute atomic E-state index is 0.224. The fourth-order valence-corrected chi connectivity index (χ4v) is 2.37. The lowest BCUT2D eigenvalue weighted by Crippen LogP contribution is -2.21. The highest BCUT2D eigenvalue weighted by Gasteiger charge is 2.15. The monoisotopic (exact) mass is 393 g/mol. The normalized spacial score (nSPS) is 10.5. The predicted octanol–water partition coefficient (Wildman–Crippen LogP) is 4.51. The van der Waals surface area contributed by atoms with Crippen molar-refractivity contribution < 1.29 is 18.7 Å². The number of anilines is 1. The summed E-state index contributed by atoms with van der Waals surface area (Å²) in [5.41, 5.74) is 1.54. The van der Waals surface area contributed by atoms with E-state index in [9.17, 15) is 14.0 Å². The Hall–Kier alpha value is -2.21. The molecule has 0 heterocycles. The Bertz CT molecular complexity index is 744. The number of ether oxygens (including phenoxy) is 1. The van der Waals surface area contributed by atoms with Gasteiger partial charge < -0.3 is 10.1 Å². The highest BCUT2D eigenvalue weighted by atomic mass is 79.9. The second-order valence-corrected chi connectivity index (χ2v) is 6.44. The van der Waals surface area contributed by atoms with E-state index < -0.39 is 24.3 Å². The summed E-state index contributed by atoms with van der Waals surface area (Å²) in [7, 11) is 0. The van der Waals surface area contributed by atoms with Crippen LogP contribution in [0, 0.1) is 5.82 Å². The second kappa shape index (κ2) is 8.06. The van der Waals surface area contributed by atoms with Crippen LogP contribution in [0.3, 0.4) is 0 Å². The molecule has 2 aromatic rings. The van der Waals surface area contributed by atoms with Gasteiger partial charge in [0, 0.05) is 10.2 Å². The van der Waals surface area contributed by atoms with E-state index in [1.165, 1.54) is 12.1 Å². The van der Waals surface area contributed by atoms with Crippen molar-refractivity contribution in [3.8, 4) is 0 Å². The molecule has 0 unspecified atom stereocenters. The molecule has 0 spiro atoms. The van der Waals surface area contributed by atoms with Crippen LogP contribution in [0.4, 0.5) is 10.1 Å². The molecule has 4 nitrogen and oxygen atoms in total. The number of hydrogen-bond donors (Lipinski definition) is 1. The number of carbonyl (C=O) groups excluding carboxylic acids is 2. The molecule has 2 aromatic carbocycles. The first kappa shape index (κ1) is 18.1. The van der Waals surface area contributed by atoms with Crippen LogP contribution in [0.2, 0.25) is 0 Å². The maximum atomic E-state index is 13.6. The van der Waals surface area contributed by atoms with Crippen LogP contribution in [0.15, 0.2) is 46.9 Å². The molecule has 1 N–H and O–H groups in total. The fourth-order valence-electron chi connectivity index (χ4n) is 2.01. The quantitative estimate of drug-likeness (QED) is 0.760. The molecule has 0 fully saturated rings. The van der Waals surface area contributed by atoms with Crippen LogP contribution in [0.25, 0.3) is 0 Å². The third-order valence-corrected chi connectivity index (χ3v) is 3.84. The summed E-state index contributed by atoms with van der Waals surface area (Å²) < 4.78 is 19.0. The summed E-state index contributed by atoms with van der Waals surface area (Å²) in [6.07, 6.45) is 0. The van der Waals surface area contributed by atoms with Gasteiger partial charge in [-0.05, 0) is 41.8 Å². The van der Waals surface area contributed by atoms with Crippen molar-refractivity contribution in [2.45, 2.75) is 19.8 Å². The zero-order chi connectivity index (χ0) is 17.7. The summed E-state index contributed by atoms with van der Waals surface area (Å²) >= 11 is 3.15. The first-order chi connectivity index (χ1) is 11.4. The maximum absolute atomic E-state index is 13.6. The molecule has 0 aliphatic heterocycles. The van der Waals surface area contributed by atoms with Crippen LogP contribution < -0.4 is 5.32 Å². The fraction of sp³-hybridized carbons (Fsp3) is 0.222. The van der Waals surface area contributed by atoms with Gasteiger partial charge in [-0.3, -0.25) is 4.79 Å². The van der Waals surface area contributed by atoms with Crippen molar-refractivity contribution in [1.29, 1.82) is 0 Å². The topological polar surface area (TPSA) is 55.4 Å². The Kier molecular flexibility index (Phi) is 6.09. The molecule has 0 aliphatic carbocycles. The van der Waals surface area contributed by atoms with Crippen molar-refractivity contribution in [2.75, 3.05) is 11.9 Å². The maximum Gasteiger partial charge on any atom is 0.341 e. The number of amides is 1. The first-order valence-electron chi connectivity index (χ1n) is 7.39. The second-order valence-electron chi connectivity index (χ2n) is 5.53. The summed E-state index contributed by atoms with van der Waals surface area (Å²) in [6.45, 7) is 3.67. The molecule has 6 heteroatoms. The standard InChI is InChI=1S/C18H17BrFNO3/c1-11(2)12-3-6-14(7-4-12)21-17(22)10-24-18(23)15-9-13(19)5-8-16(15)20/h3-9,11H,10H2,1-2H3,(H,21,22). The molecule has 0 aliphatic rings. The van der Waals surface area contributed by atoms with E-state index >= 15 is 0 Å². The van der Waals surface area contributed by atoms with E-state index in [1.54, 1.807) is 12.1 Å². The molecule has 1 amide bonds. The van der Waals surface area contributed by atoms with E-state index in [4.69, 9.17) is 4.74 Å². The number of benzene rings is 2. The van der Waals surface area contributed by atoms with E-state index in [0.29, 0.717) is 16.1 Å². The molecule has 0 bridgehead atoms. The van der Waals surface area contributed by atoms with Gasteiger partial charge in [0.2, 0.25) is 0 Å². The van der Waals surface area contributed by atoms with Crippen molar-refractivity contribution in [3.63, 3.8) is 0 Å². The van der Waals surface area contributed by atoms with Gasteiger partial charge in [-0.15, -0.1) is 0 Å². The average molecular weight is 394 g/mol. The van der Waals surface area contributed by atoms with Gasteiger partial charge in [0.1, 0.15) is 5.82 Å². The third-order valence-electron chi connectivity index (χ3n) is 3.34. The lowest BCUT2D eigenvalue weighted by molar-refractivity contribution is -0.119. The Morgan fingerprint density at radius 1 is 1.17 bits per heavy atom. The molecule has 0 saturated heterocycles. The van der Waals surface area contributed by atoms with Gasteiger partial charge in [0.25, 0.3) is 5.91 Å². The molecular formula is C18H17BrFNO3. The van der Waals surface area contributed by atoms with Gasteiger partial charge in [0.05, 0.1) is 5.56 Å². The molecule has 24 heavy (non-hydrogen) atoms. The Balaban J connectivity index is 1.90. The first-order valence-corrected chi connectivity index (χ1v) is 8.18. The zero-order valence-corrected chi connectivity index (χ0v) is 14.9. The molecular weight excluding hydrogens is 377 g/mol. The number of esters is 1. The van der Waals surface area contributed by atoms with Gasteiger partial charge in [-0.2, -0.15) is 0 Å². The van der Waals surface area contributed by atoms with Crippen molar-refractivity contribution >= 4 is 33.5 Å². The predicted molar refractivity (Wildman–Crippen MR) is 93.5 cm³/mol. The molecule has 0 atom stereocenters. The zero-order valence-electron chi connectivity index (χ0n) is 13.3. The summed E-state index contributed by atoms with van der Waals surface area (Å²) in [5.74, 6) is -1.68. The summed E-state index contributed by atoms with van der Waals surface area (Å²) in [4.78, 5) is 23.7. The van der Waals surface area contributed by atoms with E-state index in [1.807, 2.05) is 12.1 Å². The van der Waals surface area contributed by atoms with Gasteiger partial charge in [-0.25, -0.2) is 9.18 Å². The van der Waals surface area contributed by atoms with E-state index in [0.717, 1.165) is 11.6 Å². The van der Waals surface area contributed by atoms with Crippen molar-refractivity contribution in [3.05, 3.63) is 63.9 Å². The number of carbonyl (C=O) groups is 2. The van der Waals surface area contributed by atoms with Crippen LogP contribution in [-0.2, 0) is 9.53 Å². The molecule has 0 aromatic heterocycles. The van der Waals surface area contributed by atoms with Crippen LogP contribution in [-0.4, -0.2) is 18.5 Å². The highest BCUT2D eigenvalue weighted by Crippen LogP contribution is 2.18.